The van der Waals surface area contributed by atoms with Gasteiger partial charge in [-0.05, 0) is 48.4 Å². The number of methoxy groups -OCH3 is 1. The molecule has 1 aromatic rings. The Labute approximate surface area is 120 Å². The summed E-state index contributed by atoms with van der Waals surface area (Å²) in [6, 6.07) is 6.03. The highest BCUT2D eigenvalue weighted by molar-refractivity contribution is 6.30. The third kappa shape index (κ3) is 3.41. The van der Waals surface area contributed by atoms with E-state index in [9.17, 15) is 0 Å². The quantitative estimate of drug-likeness (QED) is 0.644. The van der Waals surface area contributed by atoms with Crippen molar-refractivity contribution in [1.29, 1.82) is 0 Å². The van der Waals surface area contributed by atoms with Crippen molar-refractivity contribution in [2.75, 3.05) is 7.11 Å². The maximum Gasteiger partial charge on any atom is 0.122 e. The molecule has 0 heterocycles. The minimum atomic E-state index is 0.282. The highest BCUT2D eigenvalue weighted by atomic mass is 35.5. The Morgan fingerprint density at radius 3 is 2.84 bits per heavy atom. The van der Waals surface area contributed by atoms with Gasteiger partial charge in [-0.15, -0.1) is 0 Å². The van der Waals surface area contributed by atoms with E-state index in [1.807, 2.05) is 18.2 Å². The summed E-state index contributed by atoms with van der Waals surface area (Å²) in [5, 5.41) is 0.742. The SMILES string of the molecule is COc1ccc(Cl)cc1CC(NN)C1CCCC1C. The Hall–Kier alpha value is -0.770. The molecule has 4 heteroatoms. The molecule has 1 aromatic carbocycles. The van der Waals surface area contributed by atoms with Crippen molar-refractivity contribution in [2.24, 2.45) is 17.7 Å². The molecular formula is C15H23ClN2O. The number of rotatable bonds is 5. The first-order valence-electron chi connectivity index (χ1n) is 6.94. The average Bonchev–Trinajstić information content (AvgIpc) is 2.82. The van der Waals surface area contributed by atoms with Crippen LogP contribution >= 0.6 is 11.6 Å². The molecule has 0 saturated heterocycles. The van der Waals surface area contributed by atoms with Crippen LogP contribution in [0.3, 0.4) is 0 Å². The lowest BCUT2D eigenvalue weighted by molar-refractivity contribution is 0.294. The fraction of sp³-hybridized carbons (Fsp3) is 0.600. The topological polar surface area (TPSA) is 47.3 Å². The van der Waals surface area contributed by atoms with Gasteiger partial charge in [0.1, 0.15) is 5.75 Å². The zero-order valence-electron chi connectivity index (χ0n) is 11.7. The van der Waals surface area contributed by atoms with Gasteiger partial charge in [0, 0.05) is 11.1 Å². The monoisotopic (exact) mass is 282 g/mol. The van der Waals surface area contributed by atoms with E-state index in [-0.39, 0.29) is 6.04 Å². The van der Waals surface area contributed by atoms with Crippen molar-refractivity contribution in [1.82, 2.24) is 5.43 Å². The number of hydrogen-bond donors (Lipinski definition) is 2. The summed E-state index contributed by atoms with van der Waals surface area (Å²) in [5.74, 6) is 8.01. The number of hydrogen-bond acceptors (Lipinski definition) is 3. The van der Waals surface area contributed by atoms with Crippen LogP contribution in [-0.4, -0.2) is 13.2 Å². The van der Waals surface area contributed by atoms with Gasteiger partial charge in [-0.3, -0.25) is 11.3 Å². The largest absolute Gasteiger partial charge is 0.496 e. The van der Waals surface area contributed by atoms with E-state index in [4.69, 9.17) is 22.2 Å². The Morgan fingerprint density at radius 2 is 2.26 bits per heavy atom. The molecule has 106 valence electrons. The van der Waals surface area contributed by atoms with Crippen LogP contribution in [0.4, 0.5) is 0 Å². The lowest BCUT2D eigenvalue weighted by atomic mass is 9.86. The molecule has 0 bridgehead atoms. The van der Waals surface area contributed by atoms with Crippen molar-refractivity contribution >= 4 is 11.6 Å². The molecule has 3 nitrogen and oxygen atoms in total. The predicted octanol–water partition coefficient (Wildman–Crippen LogP) is 3.16. The standard InChI is InChI=1S/C15H23ClN2O/c1-10-4-3-5-13(10)14(18-17)9-11-8-12(16)6-7-15(11)19-2/h6-8,10,13-14,18H,3-5,9,17H2,1-2H3. The van der Waals surface area contributed by atoms with Gasteiger partial charge >= 0.3 is 0 Å². The summed E-state index contributed by atoms with van der Waals surface area (Å²) in [4.78, 5) is 0. The number of hydrazine groups is 1. The lowest BCUT2D eigenvalue weighted by Crippen LogP contribution is -2.43. The molecular weight excluding hydrogens is 260 g/mol. The van der Waals surface area contributed by atoms with E-state index in [1.54, 1.807) is 7.11 Å². The first kappa shape index (κ1) is 14.6. The Balaban J connectivity index is 2.15. The van der Waals surface area contributed by atoms with Crippen LogP contribution in [0.2, 0.25) is 5.02 Å². The van der Waals surface area contributed by atoms with Gasteiger partial charge in [-0.2, -0.15) is 0 Å². The zero-order valence-corrected chi connectivity index (χ0v) is 12.4. The molecule has 1 saturated carbocycles. The van der Waals surface area contributed by atoms with Crippen molar-refractivity contribution in [3.8, 4) is 5.75 Å². The highest BCUT2D eigenvalue weighted by Crippen LogP contribution is 2.35. The molecule has 0 aromatic heterocycles. The van der Waals surface area contributed by atoms with Gasteiger partial charge in [0.05, 0.1) is 7.11 Å². The van der Waals surface area contributed by atoms with Crippen LogP contribution < -0.4 is 16.0 Å². The van der Waals surface area contributed by atoms with E-state index in [0.717, 1.165) is 28.7 Å². The molecule has 2 rings (SSSR count). The van der Waals surface area contributed by atoms with Crippen LogP contribution in [-0.2, 0) is 6.42 Å². The molecule has 1 fully saturated rings. The average molecular weight is 283 g/mol. The van der Waals surface area contributed by atoms with Crippen LogP contribution in [0, 0.1) is 11.8 Å². The molecule has 3 atom stereocenters. The van der Waals surface area contributed by atoms with E-state index in [0.29, 0.717) is 5.92 Å². The molecule has 0 amide bonds. The fourth-order valence-corrected chi connectivity index (χ4v) is 3.44. The van der Waals surface area contributed by atoms with Crippen molar-refractivity contribution in [3.63, 3.8) is 0 Å². The number of ether oxygens (including phenoxy) is 1. The first-order valence-corrected chi connectivity index (χ1v) is 7.32. The van der Waals surface area contributed by atoms with Crippen molar-refractivity contribution < 1.29 is 4.74 Å². The van der Waals surface area contributed by atoms with Gasteiger partial charge in [0.15, 0.2) is 0 Å². The highest BCUT2D eigenvalue weighted by Gasteiger charge is 2.30. The second kappa shape index (κ2) is 6.60. The summed E-state index contributed by atoms with van der Waals surface area (Å²) >= 11 is 6.08. The molecule has 0 aliphatic heterocycles. The molecule has 19 heavy (non-hydrogen) atoms. The smallest absolute Gasteiger partial charge is 0.122 e. The molecule has 0 spiro atoms. The number of benzene rings is 1. The maximum atomic E-state index is 6.08. The van der Waals surface area contributed by atoms with Gasteiger partial charge in [0.25, 0.3) is 0 Å². The predicted molar refractivity (Wildman–Crippen MR) is 79.3 cm³/mol. The summed E-state index contributed by atoms with van der Waals surface area (Å²) in [7, 11) is 1.69. The second-order valence-corrected chi connectivity index (χ2v) is 5.94. The van der Waals surface area contributed by atoms with Crippen LogP contribution in [0.5, 0.6) is 5.75 Å². The summed E-state index contributed by atoms with van der Waals surface area (Å²) < 4.78 is 5.41. The number of halogens is 1. The molecule has 3 N–H and O–H groups in total. The van der Waals surface area contributed by atoms with Gasteiger partial charge < -0.3 is 4.74 Å². The van der Waals surface area contributed by atoms with E-state index >= 15 is 0 Å². The van der Waals surface area contributed by atoms with Crippen LogP contribution in [0.25, 0.3) is 0 Å². The normalized spacial score (nSPS) is 24.4. The summed E-state index contributed by atoms with van der Waals surface area (Å²) in [6.07, 6.45) is 4.71. The third-order valence-corrected chi connectivity index (χ3v) is 4.58. The van der Waals surface area contributed by atoms with Gasteiger partial charge in [-0.1, -0.05) is 31.4 Å². The Kier molecular flexibility index (Phi) is 5.08. The maximum absolute atomic E-state index is 6.08. The minimum absolute atomic E-state index is 0.282. The Morgan fingerprint density at radius 1 is 1.47 bits per heavy atom. The van der Waals surface area contributed by atoms with Crippen LogP contribution in [0.15, 0.2) is 18.2 Å². The lowest BCUT2D eigenvalue weighted by Gasteiger charge is -2.27. The van der Waals surface area contributed by atoms with E-state index < -0.39 is 0 Å². The number of nitrogens with two attached hydrogens (primary N) is 1. The van der Waals surface area contributed by atoms with Crippen LogP contribution in [0.1, 0.15) is 31.7 Å². The van der Waals surface area contributed by atoms with Crippen molar-refractivity contribution in [2.45, 2.75) is 38.6 Å². The van der Waals surface area contributed by atoms with Gasteiger partial charge in [0.2, 0.25) is 0 Å². The zero-order chi connectivity index (χ0) is 13.8. The number of nitrogens with one attached hydrogen (secondary N) is 1. The molecule has 1 aliphatic carbocycles. The molecule has 0 radical (unpaired) electrons. The minimum Gasteiger partial charge on any atom is -0.496 e. The summed E-state index contributed by atoms with van der Waals surface area (Å²) in [5.41, 5.74) is 4.12. The van der Waals surface area contributed by atoms with Crippen molar-refractivity contribution in [3.05, 3.63) is 28.8 Å². The molecule has 3 unspecified atom stereocenters. The molecule has 1 aliphatic rings. The summed E-state index contributed by atoms with van der Waals surface area (Å²) in [6.45, 7) is 2.32. The van der Waals surface area contributed by atoms with E-state index in [2.05, 4.69) is 12.3 Å². The van der Waals surface area contributed by atoms with Gasteiger partial charge in [-0.25, -0.2) is 0 Å². The van der Waals surface area contributed by atoms with E-state index in [1.165, 1.54) is 19.3 Å². The second-order valence-electron chi connectivity index (χ2n) is 5.51. The first-order chi connectivity index (χ1) is 9.15. The third-order valence-electron chi connectivity index (χ3n) is 4.34. The fourth-order valence-electron chi connectivity index (χ4n) is 3.25. The Bertz CT molecular complexity index is 425.